The zero-order valence-electron chi connectivity index (χ0n) is 11.2. The molecule has 0 aliphatic carbocycles. The molecule has 21 heavy (non-hydrogen) atoms. The van der Waals surface area contributed by atoms with Crippen molar-refractivity contribution in [3.8, 4) is 5.75 Å². The molecule has 0 saturated carbocycles. The molecular weight excluding hydrogens is 307 g/mol. The van der Waals surface area contributed by atoms with Crippen molar-refractivity contribution in [2.24, 2.45) is 0 Å². The molecule has 0 spiro atoms. The standard InChI is InChI=1S/C13H16F3NO3S/c14-13(15,16)10-2-1-3-12(8-10)20-6-5-17-11-4-7-21(18,19)9-11/h1-3,8,11,17H,4-7,9H2. The van der Waals surface area contributed by atoms with Gasteiger partial charge >= 0.3 is 6.18 Å². The highest BCUT2D eigenvalue weighted by Gasteiger charge is 2.30. The van der Waals surface area contributed by atoms with Crippen molar-refractivity contribution < 1.29 is 26.3 Å². The molecule has 1 atom stereocenters. The quantitative estimate of drug-likeness (QED) is 0.841. The fourth-order valence-electron chi connectivity index (χ4n) is 2.15. The Labute approximate surface area is 121 Å². The summed E-state index contributed by atoms with van der Waals surface area (Å²) in [5, 5.41) is 3.03. The van der Waals surface area contributed by atoms with Gasteiger partial charge in [0.15, 0.2) is 9.84 Å². The highest BCUT2D eigenvalue weighted by Crippen LogP contribution is 2.31. The lowest BCUT2D eigenvalue weighted by Gasteiger charge is -2.12. The summed E-state index contributed by atoms with van der Waals surface area (Å²) in [7, 11) is -2.94. The molecule has 0 aromatic heterocycles. The van der Waals surface area contributed by atoms with E-state index in [9.17, 15) is 21.6 Å². The Bertz CT molecular complexity index is 587. The average molecular weight is 323 g/mol. The molecule has 1 saturated heterocycles. The Morgan fingerprint density at radius 3 is 2.71 bits per heavy atom. The number of nitrogens with one attached hydrogen (secondary N) is 1. The summed E-state index contributed by atoms with van der Waals surface area (Å²) in [4.78, 5) is 0. The molecule has 1 unspecified atom stereocenters. The number of hydrogen-bond acceptors (Lipinski definition) is 4. The minimum absolute atomic E-state index is 0.0971. The molecule has 2 rings (SSSR count). The lowest BCUT2D eigenvalue weighted by Crippen LogP contribution is -2.33. The van der Waals surface area contributed by atoms with E-state index in [2.05, 4.69) is 5.32 Å². The number of halogens is 3. The number of sulfone groups is 1. The van der Waals surface area contributed by atoms with E-state index in [1.54, 1.807) is 0 Å². The zero-order valence-corrected chi connectivity index (χ0v) is 12.0. The average Bonchev–Trinajstić information content (AvgIpc) is 2.74. The van der Waals surface area contributed by atoms with Gasteiger partial charge in [0.1, 0.15) is 12.4 Å². The van der Waals surface area contributed by atoms with Crippen LogP contribution in [0.5, 0.6) is 5.75 Å². The van der Waals surface area contributed by atoms with Crippen LogP contribution < -0.4 is 10.1 Å². The minimum atomic E-state index is -4.39. The minimum Gasteiger partial charge on any atom is -0.492 e. The molecule has 118 valence electrons. The molecular formula is C13H16F3NO3S. The van der Waals surface area contributed by atoms with Crippen molar-refractivity contribution in [1.29, 1.82) is 0 Å². The third kappa shape index (κ3) is 4.89. The van der Waals surface area contributed by atoms with Crippen LogP contribution in [0.4, 0.5) is 13.2 Å². The summed E-state index contributed by atoms with van der Waals surface area (Å²) in [5.41, 5.74) is -0.755. The van der Waals surface area contributed by atoms with Crippen molar-refractivity contribution in [3.63, 3.8) is 0 Å². The first-order valence-corrected chi connectivity index (χ1v) is 8.32. The Balaban J connectivity index is 1.77. The normalized spacial score (nSPS) is 21.4. The first-order chi connectivity index (χ1) is 9.76. The summed E-state index contributed by atoms with van der Waals surface area (Å²) in [5.74, 6) is 0.432. The maximum Gasteiger partial charge on any atom is 0.416 e. The molecule has 0 radical (unpaired) electrons. The molecule has 4 nitrogen and oxygen atoms in total. The first kappa shape index (κ1) is 16.1. The third-order valence-electron chi connectivity index (χ3n) is 3.20. The van der Waals surface area contributed by atoms with Crippen LogP contribution in [-0.4, -0.2) is 39.1 Å². The largest absolute Gasteiger partial charge is 0.492 e. The van der Waals surface area contributed by atoms with Crippen LogP contribution >= 0.6 is 0 Å². The van der Waals surface area contributed by atoms with E-state index in [4.69, 9.17) is 4.74 Å². The van der Waals surface area contributed by atoms with Gasteiger partial charge in [0.05, 0.1) is 17.1 Å². The van der Waals surface area contributed by atoms with Crippen molar-refractivity contribution in [1.82, 2.24) is 5.32 Å². The second-order valence-corrected chi connectivity index (χ2v) is 7.16. The van der Waals surface area contributed by atoms with Crippen molar-refractivity contribution in [2.75, 3.05) is 24.7 Å². The molecule has 1 aromatic rings. The summed E-state index contributed by atoms with van der Waals surface area (Å²) in [6.07, 6.45) is -3.83. The van der Waals surface area contributed by atoms with Crippen molar-refractivity contribution >= 4 is 9.84 Å². The Kier molecular flexibility index (Phi) is 4.77. The zero-order chi connectivity index (χ0) is 15.5. The molecule has 1 heterocycles. The van der Waals surface area contributed by atoms with Gasteiger partial charge in [-0.2, -0.15) is 13.2 Å². The van der Waals surface area contributed by atoms with Gasteiger partial charge in [0, 0.05) is 12.6 Å². The monoisotopic (exact) mass is 323 g/mol. The van der Waals surface area contributed by atoms with Gasteiger partial charge in [-0.15, -0.1) is 0 Å². The lowest BCUT2D eigenvalue weighted by molar-refractivity contribution is -0.137. The SMILES string of the molecule is O=S1(=O)CCC(NCCOc2cccc(C(F)(F)F)c2)C1. The van der Waals surface area contributed by atoms with Gasteiger partial charge in [-0.25, -0.2) is 8.42 Å². The first-order valence-electron chi connectivity index (χ1n) is 6.50. The second kappa shape index (κ2) is 6.23. The van der Waals surface area contributed by atoms with Crippen molar-refractivity contribution in [2.45, 2.75) is 18.6 Å². The maximum absolute atomic E-state index is 12.5. The molecule has 1 aliphatic rings. The third-order valence-corrected chi connectivity index (χ3v) is 4.97. The van der Waals surface area contributed by atoms with E-state index in [0.717, 1.165) is 12.1 Å². The lowest BCUT2D eigenvalue weighted by atomic mass is 10.2. The number of alkyl halides is 3. The molecule has 1 N–H and O–H groups in total. The van der Waals surface area contributed by atoms with E-state index in [-0.39, 0.29) is 29.9 Å². The van der Waals surface area contributed by atoms with Crippen LogP contribution in [0, 0.1) is 0 Å². The van der Waals surface area contributed by atoms with Crippen LogP contribution in [0.1, 0.15) is 12.0 Å². The summed E-state index contributed by atoms with van der Waals surface area (Å²) >= 11 is 0. The fraction of sp³-hybridized carbons (Fsp3) is 0.538. The fourth-order valence-corrected chi connectivity index (χ4v) is 3.86. The number of hydrogen-bond donors (Lipinski definition) is 1. The molecule has 1 aromatic carbocycles. The van der Waals surface area contributed by atoms with Crippen LogP contribution in [0.15, 0.2) is 24.3 Å². The Hall–Kier alpha value is -1.28. The van der Waals surface area contributed by atoms with Gasteiger partial charge in [-0.05, 0) is 24.6 Å². The van der Waals surface area contributed by atoms with E-state index in [1.807, 2.05) is 0 Å². The highest BCUT2D eigenvalue weighted by atomic mass is 32.2. The van der Waals surface area contributed by atoms with Gasteiger partial charge in [-0.3, -0.25) is 0 Å². The summed E-state index contributed by atoms with van der Waals surface area (Å²) in [6.45, 7) is 0.564. The van der Waals surface area contributed by atoms with E-state index < -0.39 is 21.6 Å². The summed E-state index contributed by atoms with van der Waals surface area (Å²) < 4.78 is 65.3. The van der Waals surface area contributed by atoms with Crippen LogP contribution in [0.3, 0.4) is 0 Å². The molecule has 8 heteroatoms. The second-order valence-electron chi connectivity index (χ2n) is 4.93. The van der Waals surface area contributed by atoms with Crippen molar-refractivity contribution in [3.05, 3.63) is 29.8 Å². The van der Waals surface area contributed by atoms with Crippen LogP contribution in [0.25, 0.3) is 0 Å². The van der Waals surface area contributed by atoms with E-state index >= 15 is 0 Å². The molecule has 1 fully saturated rings. The molecule has 0 amide bonds. The van der Waals surface area contributed by atoms with Crippen LogP contribution in [-0.2, 0) is 16.0 Å². The Morgan fingerprint density at radius 2 is 2.10 bits per heavy atom. The number of benzene rings is 1. The molecule has 0 bridgehead atoms. The number of rotatable bonds is 5. The van der Waals surface area contributed by atoms with E-state index in [0.29, 0.717) is 13.0 Å². The molecule has 1 aliphatic heterocycles. The van der Waals surface area contributed by atoms with Crippen LogP contribution in [0.2, 0.25) is 0 Å². The van der Waals surface area contributed by atoms with Gasteiger partial charge in [0.25, 0.3) is 0 Å². The highest BCUT2D eigenvalue weighted by molar-refractivity contribution is 7.91. The maximum atomic E-state index is 12.5. The predicted octanol–water partition coefficient (Wildman–Crippen LogP) is 1.86. The van der Waals surface area contributed by atoms with Gasteiger partial charge in [-0.1, -0.05) is 6.07 Å². The number of ether oxygens (including phenoxy) is 1. The van der Waals surface area contributed by atoms with Gasteiger partial charge in [0.2, 0.25) is 0 Å². The predicted molar refractivity (Wildman–Crippen MR) is 72.0 cm³/mol. The van der Waals surface area contributed by atoms with Gasteiger partial charge < -0.3 is 10.1 Å². The Morgan fingerprint density at radius 1 is 1.33 bits per heavy atom. The van der Waals surface area contributed by atoms with E-state index in [1.165, 1.54) is 12.1 Å². The summed E-state index contributed by atoms with van der Waals surface area (Å²) in [6, 6.07) is 4.57. The topological polar surface area (TPSA) is 55.4 Å². The smallest absolute Gasteiger partial charge is 0.416 e.